The van der Waals surface area contributed by atoms with Gasteiger partial charge in [0, 0.05) is 25.2 Å². The molecule has 2 nitrogen and oxygen atoms in total. The molecule has 0 bridgehead atoms. The van der Waals surface area contributed by atoms with Gasteiger partial charge in [0.1, 0.15) is 0 Å². The van der Waals surface area contributed by atoms with Crippen molar-refractivity contribution in [3.63, 3.8) is 0 Å². The zero-order valence-electron chi connectivity index (χ0n) is 10.7. The molecular formula is C15H16Cl2N2. The second-order valence-electron chi connectivity index (χ2n) is 4.43. The number of anilines is 1. The van der Waals surface area contributed by atoms with E-state index in [0.717, 1.165) is 27.8 Å². The first-order valence-electron chi connectivity index (χ1n) is 6.05. The topological polar surface area (TPSA) is 29.3 Å². The Balaban J connectivity index is 2.24. The lowest BCUT2D eigenvalue weighted by atomic mass is 10.1. The predicted octanol–water partition coefficient (Wildman–Crippen LogP) is 4.09. The molecule has 19 heavy (non-hydrogen) atoms. The molecule has 0 aliphatic rings. The summed E-state index contributed by atoms with van der Waals surface area (Å²) in [6.45, 7) is 1.23. The normalized spacial score (nSPS) is 10.5. The SMILES string of the molecule is CN(Cc1ccc(Cl)cc1)c1c(Cl)cccc1CN. The smallest absolute Gasteiger partial charge is 0.0642 e. The maximum atomic E-state index is 6.28. The van der Waals surface area contributed by atoms with Crippen LogP contribution >= 0.6 is 23.2 Å². The van der Waals surface area contributed by atoms with Crippen LogP contribution in [0.25, 0.3) is 0 Å². The van der Waals surface area contributed by atoms with Crippen molar-refractivity contribution in [1.29, 1.82) is 0 Å². The van der Waals surface area contributed by atoms with Gasteiger partial charge in [-0.15, -0.1) is 0 Å². The molecule has 0 radical (unpaired) electrons. The van der Waals surface area contributed by atoms with E-state index in [1.54, 1.807) is 0 Å². The van der Waals surface area contributed by atoms with Gasteiger partial charge in [0.25, 0.3) is 0 Å². The molecule has 0 spiro atoms. The van der Waals surface area contributed by atoms with Gasteiger partial charge >= 0.3 is 0 Å². The molecule has 100 valence electrons. The monoisotopic (exact) mass is 294 g/mol. The molecule has 0 unspecified atom stereocenters. The average Bonchev–Trinajstić information content (AvgIpc) is 2.40. The van der Waals surface area contributed by atoms with Gasteiger partial charge in [-0.1, -0.05) is 47.5 Å². The highest BCUT2D eigenvalue weighted by molar-refractivity contribution is 6.33. The first kappa shape index (κ1) is 14.2. The lowest BCUT2D eigenvalue weighted by Gasteiger charge is -2.23. The number of rotatable bonds is 4. The maximum absolute atomic E-state index is 6.28. The third-order valence-electron chi connectivity index (χ3n) is 3.00. The summed E-state index contributed by atoms with van der Waals surface area (Å²) in [6, 6.07) is 13.6. The fraction of sp³-hybridized carbons (Fsp3) is 0.200. The summed E-state index contributed by atoms with van der Waals surface area (Å²) in [5, 5.41) is 1.46. The molecule has 0 aliphatic heterocycles. The Hall–Kier alpha value is -1.22. The minimum absolute atomic E-state index is 0.473. The molecule has 0 atom stereocenters. The van der Waals surface area contributed by atoms with Crippen LogP contribution in [0, 0.1) is 0 Å². The lowest BCUT2D eigenvalue weighted by Crippen LogP contribution is -2.19. The quantitative estimate of drug-likeness (QED) is 0.920. The van der Waals surface area contributed by atoms with Gasteiger partial charge in [0.15, 0.2) is 0 Å². The minimum atomic E-state index is 0.473. The van der Waals surface area contributed by atoms with Crippen LogP contribution < -0.4 is 10.6 Å². The van der Waals surface area contributed by atoms with Crippen molar-refractivity contribution in [3.8, 4) is 0 Å². The van der Waals surface area contributed by atoms with Crippen LogP contribution in [0.3, 0.4) is 0 Å². The zero-order valence-corrected chi connectivity index (χ0v) is 12.2. The summed E-state index contributed by atoms with van der Waals surface area (Å²) in [5.41, 5.74) is 8.98. The zero-order chi connectivity index (χ0) is 13.8. The molecule has 0 saturated heterocycles. The number of nitrogens with two attached hydrogens (primary N) is 1. The van der Waals surface area contributed by atoms with Crippen LogP contribution in [-0.4, -0.2) is 7.05 Å². The molecule has 0 saturated carbocycles. The van der Waals surface area contributed by atoms with Gasteiger partial charge in [-0.25, -0.2) is 0 Å². The number of hydrogen-bond donors (Lipinski definition) is 1. The maximum Gasteiger partial charge on any atom is 0.0642 e. The highest BCUT2D eigenvalue weighted by Crippen LogP contribution is 2.30. The van der Waals surface area contributed by atoms with Crippen molar-refractivity contribution in [2.45, 2.75) is 13.1 Å². The summed E-state index contributed by atoms with van der Waals surface area (Å²) in [7, 11) is 2.01. The molecule has 0 aliphatic carbocycles. The molecule has 2 aromatic carbocycles. The number of para-hydroxylation sites is 1. The highest BCUT2D eigenvalue weighted by atomic mass is 35.5. The molecule has 4 heteroatoms. The lowest BCUT2D eigenvalue weighted by molar-refractivity contribution is 0.904. The molecule has 2 rings (SSSR count). The molecule has 0 aromatic heterocycles. The van der Waals surface area contributed by atoms with E-state index in [1.165, 1.54) is 5.56 Å². The largest absolute Gasteiger partial charge is 0.369 e. The second-order valence-corrected chi connectivity index (χ2v) is 5.28. The van der Waals surface area contributed by atoms with Crippen molar-refractivity contribution in [3.05, 3.63) is 63.6 Å². The van der Waals surface area contributed by atoms with E-state index >= 15 is 0 Å². The predicted molar refractivity (Wildman–Crippen MR) is 82.9 cm³/mol. The van der Waals surface area contributed by atoms with Crippen LogP contribution in [0.4, 0.5) is 5.69 Å². The Morgan fingerprint density at radius 1 is 1.05 bits per heavy atom. The summed E-state index contributed by atoms with van der Waals surface area (Å²) < 4.78 is 0. The third-order valence-corrected chi connectivity index (χ3v) is 3.56. The van der Waals surface area contributed by atoms with Crippen LogP contribution in [0.15, 0.2) is 42.5 Å². The molecule has 2 N–H and O–H groups in total. The Labute approximate surface area is 123 Å². The molecule has 0 fully saturated rings. The van der Waals surface area contributed by atoms with Crippen LogP contribution in [0.1, 0.15) is 11.1 Å². The first-order chi connectivity index (χ1) is 9.11. The van der Waals surface area contributed by atoms with Crippen LogP contribution in [-0.2, 0) is 13.1 Å². The molecule has 0 amide bonds. The third kappa shape index (κ3) is 3.41. The molecule has 0 heterocycles. The highest BCUT2D eigenvalue weighted by Gasteiger charge is 2.11. The van der Waals surface area contributed by atoms with E-state index in [-0.39, 0.29) is 0 Å². The van der Waals surface area contributed by atoms with Crippen molar-refractivity contribution in [2.24, 2.45) is 5.73 Å². The van der Waals surface area contributed by atoms with E-state index in [0.29, 0.717) is 6.54 Å². The number of benzene rings is 2. The van der Waals surface area contributed by atoms with E-state index in [9.17, 15) is 0 Å². The summed E-state index contributed by atoms with van der Waals surface area (Å²) in [5.74, 6) is 0. The molecule has 2 aromatic rings. The Morgan fingerprint density at radius 2 is 1.74 bits per heavy atom. The van der Waals surface area contributed by atoms with E-state index in [2.05, 4.69) is 4.90 Å². The van der Waals surface area contributed by atoms with Crippen molar-refractivity contribution < 1.29 is 0 Å². The van der Waals surface area contributed by atoms with Gasteiger partial charge < -0.3 is 10.6 Å². The fourth-order valence-electron chi connectivity index (χ4n) is 2.09. The average molecular weight is 295 g/mol. The number of hydrogen-bond acceptors (Lipinski definition) is 2. The van der Waals surface area contributed by atoms with Gasteiger partial charge in [0.2, 0.25) is 0 Å². The Morgan fingerprint density at radius 3 is 2.37 bits per heavy atom. The van der Waals surface area contributed by atoms with Gasteiger partial charge in [-0.3, -0.25) is 0 Å². The van der Waals surface area contributed by atoms with E-state index < -0.39 is 0 Å². The van der Waals surface area contributed by atoms with Crippen molar-refractivity contribution in [1.82, 2.24) is 0 Å². The van der Waals surface area contributed by atoms with Crippen molar-refractivity contribution >= 4 is 28.9 Å². The van der Waals surface area contributed by atoms with E-state index in [4.69, 9.17) is 28.9 Å². The van der Waals surface area contributed by atoms with Crippen molar-refractivity contribution in [2.75, 3.05) is 11.9 Å². The van der Waals surface area contributed by atoms with E-state index in [1.807, 2.05) is 49.5 Å². The Kier molecular flexibility index (Phi) is 4.70. The molecular weight excluding hydrogens is 279 g/mol. The number of halogens is 2. The Bertz CT molecular complexity index is 553. The number of nitrogens with zero attached hydrogens (tertiary/aromatic N) is 1. The first-order valence-corrected chi connectivity index (χ1v) is 6.80. The summed E-state index contributed by atoms with van der Waals surface area (Å²) in [6.07, 6.45) is 0. The van der Waals surface area contributed by atoms with Gasteiger partial charge in [0.05, 0.1) is 10.7 Å². The fourth-order valence-corrected chi connectivity index (χ4v) is 2.56. The van der Waals surface area contributed by atoms with Crippen LogP contribution in [0.2, 0.25) is 10.0 Å². The standard InChI is InChI=1S/C15H16Cl2N2/c1-19(10-11-5-7-13(16)8-6-11)15-12(9-18)3-2-4-14(15)17/h2-8H,9-10,18H2,1H3. The summed E-state index contributed by atoms with van der Waals surface area (Å²) >= 11 is 12.2. The van der Waals surface area contributed by atoms with Gasteiger partial charge in [-0.05, 0) is 29.3 Å². The summed E-state index contributed by atoms with van der Waals surface area (Å²) in [4.78, 5) is 2.10. The van der Waals surface area contributed by atoms with Gasteiger partial charge in [-0.2, -0.15) is 0 Å². The van der Waals surface area contributed by atoms with Crippen LogP contribution in [0.5, 0.6) is 0 Å². The minimum Gasteiger partial charge on any atom is -0.369 e. The second kappa shape index (κ2) is 6.29.